The Bertz CT molecular complexity index is 352. The smallest absolute Gasteiger partial charge is 0.0667 e. The minimum atomic E-state index is 0.274. The maximum Gasteiger partial charge on any atom is 0.0667 e. The average molecular weight is 220 g/mol. The first kappa shape index (κ1) is 11.6. The van der Waals surface area contributed by atoms with Gasteiger partial charge in [-0.1, -0.05) is 18.2 Å². The Hall–Kier alpha value is -0.900. The maximum atomic E-state index is 5.19. The minimum Gasteiger partial charge on any atom is -0.380 e. The fraction of sp³-hybridized carbons (Fsp3) is 0.538. The van der Waals surface area contributed by atoms with Crippen molar-refractivity contribution in [3.8, 4) is 0 Å². The van der Waals surface area contributed by atoms with Gasteiger partial charge in [-0.3, -0.25) is 0 Å². The van der Waals surface area contributed by atoms with Crippen molar-refractivity contribution in [2.75, 3.05) is 13.7 Å². The molecule has 1 aliphatic heterocycles. The number of fused-ring (bicyclic) bond motifs is 1. The van der Waals surface area contributed by atoms with Gasteiger partial charge in [0, 0.05) is 33.3 Å². The molecule has 2 rings (SSSR count). The van der Waals surface area contributed by atoms with Gasteiger partial charge in [-0.25, -0.2) is 0 Å². The van der Waals surface area contributed by atoms with Crippen LogP contribution in [0.3, 0.4) is 0 Å². The van der Waals surface area contributed by atoms with E-state index in [0.29, 0.717) is 0 Å². The van der Waals surface area contributed by atoms with Crippen LogP contribution in [-0.2, 0) is 24.4 Å². The lowest BCUT2D eigenvalue weighted by Crippen LogP contribution is -2.25. The molecule has 0 aromatic heterocycles. The number of ether oxygens (including phenoxy) is 1. The molecule has 0 bridgehead atoms. The number of nitrogens with one attached hydrogen (secondary N) is 2. The van der Waals surface area contributed by atoms with Crippen molar-refractivity contribution in [2.24, 2.45) is 0 Å². The molecule has 1 unspecified atom stereocenters. The number of hydrogen-bond acceptors (Lipinski definition) is 3. The standard InChI is InChI=1S/C13H20N2O/c1-10(16-2)6-14-7-11-3-4-12-8-15-9-13(12)5-11/h3-5,10,14-15H,6-9H2,1-2H3. The van der Waals surface area contributed by atoms with Gasteiger partial charge >= 0.3 is 0 Å². The Labute approximate surface area is 97.2 Å². The summed E-state index contributed by atoms with van der Waals surface area (Å²) in [5.41, 5.74) is 4.24. The molecule has 0 fully saturated rings. The summed E-state index contributed by atoms with van der Waals surface area (Å²) >= 11 is 0. The summed E-state index contributed by atoms with van der Waals surface area (Å²) in [6.07, 6.45) is 0.274. The lowest BCUT2D eigenvalue weighted by Gasteiger charge is -2.11. The molecule has 0 aliphatic carbocycles. The molecule has 1 atom stereocenters. The van der Waals surface area contributed by atoms with Gasteiger partial charge < -0.3 is 15.4 Å². The third-order valence-electron chi connectivity index (χ3n) is 3.06. The Morgan fingerprint density at radius 1 is 1.38 bits per heavy atom. The molecular formula is C13H20N2O. The van der Waals surface area contributed by atoms with Crippen LogP contribution in [0, 0.1) is 0 Å². The van der Waals surface area contributed by atoms with Crippen molar-refractivity contribution < 1.29 is 4.74 Å². The summed E-state index contributed by atoms with van der Waals surface area (Å²) in [6.45, 7) is 5.91. The summed E-state index contributed by atoms with van der Waals surface area (Å²) in [6, 6.07) is 6.72. The Kier molecular flexibility index (Phi) is 3.93. The molecule has 16 heavy (non-hydrogen) atoms. The summed E-state index contributed by atoms with van der Waals surface area (Å²) in [4.78, 5) is 0. The summed E-state index contributed by atoms with van der Waals surface area (Å²) < 4.78 is 5.19. The quantitative estimate of drug-likeness (QED) is 0.787. The minimum absolute atomic E-state index is 0.274. The van der Waals surface area contributed by atoms with Gasteiger partial charge in [0.15, 0.2) is 0 Å². The van der Waals surface area contributed by atoms with E-state index in [2.05, 4.69) is 35.8 Å². The topological polar surface area (TPSA) is 33.3 Å². The highest BCUT2D eigenvalue weighted by molar-refractivity contribution is 5.34. The van der Waals surface area contributed by atoms with Crippen molar-refractivity contribution in [2.45, 2.75) is 32.7 Å². The highest BCUT2D eigenvalue weighted by Gasteiger charge is 2.09. The van der Waals surface area contributed by atoms with Gasteiger partial charge in [0.2, 0.25) is 0 Å². The van der Waals surface area contributed by atoms with E-state index in [1.54, 1.807) is 7.11 Å². The second-order valence-corrected chi connectivity index (χ2v) is 4.38. The molecule has 1 aliphatic rings. The molecule has 0 saturated heterocycles. The number of benzene rings is 1. The zero-order valence-electron chi connectivity index (χ0n) is 10.0. The summed E-state index contributed by atoms with van der Waals surface area (Å²) in [5, 5.41) is 6.76. The highest BCUT2D eigenvalue weighted by Crippen LogP contribution is 2.16. The molecular weight excluding hydrogens is 200 g/mol. The van der Waals surface area contributed by atoms with E-state index in [1.807, 2.05) is 0 Å². The van der Waals surface area contributed by atoms with E-state index in [4.69, 9.17) is 4.74 Å². The van der Waals surface area contributed by atoms with Crippen LogP contribution >= 0.6 is 0 Å². The lowest BCUT2D eigenvalue weighted by atomic mass is 10.1. The van der Waals surface area contributed by atoms with Crippen molar-refractivity contribution in [3.05, 3.63) is 34.9 Å². The SMILES string of the molecule is COC(C)CNCc1ccc2c(c1)CNC2. The van der Waals surface area contributed by atoms with E-state index in [9.17, 15) is 0 Å². The van der Waals surface area contributed by atoms with E-state index in [1.165, 1.54) is 16.7 Å². The Balaban J connectivity index is 1.86. The zero-order valence-corrected chi connectivity index (χ0v) is 10.0. The second kappa shape index (κ2) is 5.43. The van der Waals surface area contributed by atoms with Crippen LogP contribution in [0.25, 0.3) is 0 Å². The Morgan fingerprint density at radius 2 is 2.19 bits per heavy atom. The van der Waals surface area contributed by atoms with Crippen LogP contribution in [0.2, 0.25) is 0 Å². The van der Waals surface area contributed by atoms with E-state index in [0.717, 1.165) is 26.2 Å². The van der Waals surface area contributed by atoms with Crippen LogP contribution in [-0.4, -0.2) is 19.8 Å². The molecule has 1 aromatic rings. The molecule has 3 nitrogen and oxygen atoms in total. The summed E-state index contributed by atoms with van der Waals surface area (Å²) in [5.74, 6) is 0. The van der Waals surface area contributed by atoms with Gasteiger partial charge in [-0.15, -0.1) is 0 Å². The normalized spacial score (nSPS) is 16.1. The fourth-order valence-corrected chi connectivity index (χ4v) is 1.96. The largest absolute Gasteiger partial charge is 0.380 e. The van der Waals surface area contributed by atoms with Crippen LogP contribution < -0.4 is 10.6 Å². The fourth-order valence-electron chi connectivity index (χ4n) is 1.96. The van der Waals surface area contributed by atoms with Gasteiger partial charge in [0.25, 0.3) is 0 Å². The van der Waals surface area contributed by atoms with Crippen LogP contribution in [0.1, 0.15) is 23.6 Å². The molecule has 88 valence electrons. The molecule has 0 amide bonds. The van der Waals surface area contributed by atoms with E-state index in [-0.39, 0.29) is 6.10 Å². The molecule has 3 heteroatoms. The first-order chi connectivity index (χ1) is 7.79. The van der Waals surface area contributed by atoms with E-state index >= 15 is 0 Å². The molecule has 1 heterocycles. The van der Waals surface area contributed by atoms with Gasteiger partial charge in [-0.05, 0) is 23.6 Å². The number of rotatable bonds is 5. The third-order valence-corrected chi connectivity index (χ3v) is 3.06. The predicted octanol–water partition coefficient (Wildman–Crippen LogP) is 1.41. The third kappa shape index (κ3) is 2.82. The predicted molar refractivity (Wildman–Crippen MR) is 65.2 cm³/mol. The molecule has 2 N–H and O–H groups in total. The van der Waals surface area contributed by atoms with Crippen molar-refractivity contribution >= 4 is 0 Å². The highest BCUT2D eigenvalue weighted by atomic mass is 16.5. The molecule has 0 radical (unpaired) electrons. The molecule has 1 aromatic carbocycles. The van der Waals surface area contributed by atoms with Gasteiger partial charge in [0.05, 0.1) is 6.10 Å². The maximum absolute atomic E-state index is 5.19. The van der Waals surface area contributed by atoms with Crippen molar-refractivity contribution in [1.29, 1.82) is 0 Å². The first-order valence-corrected chi connectivity index (χ1v) is 5.84. The average Bonchev–Trinajstić information content (AvgIpc) is 2.76. The lowest BCUT2D eigenvalue weighted by molar-refractivity contribution is 0.117. The van der Waals surface area contributed by atoms with Crippen molar-refractivity contribution in [3.63, 3.8) is 0 Å². The molecule has 0 spiro atoms. The zero-order chi connectivity index (χ0) is 11.4. The van der Waals surface area contributed by atoms with Crippen molar-refractivity contribution in [1.82, 2.24) is 10.6 Å². The first-order valence-electron chi connectivity index (χ1n) is 5.84. The number of hydrogen-bond donors (Lipinski definition) is 2. The monoisotopic (exact) mass is 220 g/mol. The van der Waals surface area contributed by atoms with Crippen LogP contribution in [0.4, 0.5) is 0 Å². The van der Waals surface area contributed by atoms with Gasteiger partial charge in [-0.2, -0.15) is 0 Å². The van der Waals surface area contributed by atoms with Crippen LogP contribution in [0.15, 0.2) is 18.2 Å². The van der Waals surface area contributed by atoms with Gasteiger partial charge in [0.1, 0.15) is 0 Å². The number of methoxy groups -OCH3 is 1. The second-order valence-electron chi connectivity index (χ2n) is 4.38. The van der Waals surface area contributed by atoms with E-state index < -0.39 is 0 Å². The summed E-state index contributed by atoms with van der Waals surface area (Å²) in [7, 11) is 1.74. The molecule has 0 saturated carbocycles. The Morgan fingerprint density at radius 3 is 3.00 bits per heavy atom. The van der Waals surface area contributed by atoms with Crippen LogP contribution in [0.5, 0.6) is 0 Å².